The first-order chi connectivity index (χ1) is 16.5. The molecule has 6 rings (SSSR count). The van der Waals surface area contributed by atoms with Crippen LogP contribution < -0.4 is 5.32 Å². The SMILES string of the molecule is O=C(c1cnc2ccc(-c3ccn4nc(NC5CCC(F)(F)CC5)ncc34)cn12)N1CCCC1. The third kappa shape index (κ3) is 3.76. The molecule has 1 aliphatic carbocycles. The number of rotatable bonds is 4. The Morgan fingerprint density at radius 2 is 1.85 bits per heavy atom. The zero-order chi connectivity index (χ0) is 23.3. The first kappa shape index (κ1) is 21.0. The molecular weight excluding hydrogens is 440 g/mol. The van der Waals surface area contributed by atoms with Crippen LogP contribution in [0.25, 0.3) is 22.3 Å². The van der Waals surface area contributed by atoms with Gasteiger partial charge in [-0.2, -0.15) is 0 Å². The van der Waals surface area contributed by atoms with Crippen molar-refractivity contribution >= 4 is 23.0 Å². The summed E-state index contributed by atoms with van der Waals surface area (Å²) in [5.41, 5.74) is 3.94. The van der Waals surface area contributed by atoms with Gasteiger partial charge in [-0.15, -0.1) is 5.10 Å². The largest absolute Gasteiger partial charge is 0.350 e. The fraction of sp³-hybridized carbons (Fsp3) is 0.417. The third-order valence-corrected chi connectivity index (χ3v) is 6.90. The monoisotopic (exact) mass is 465 g/mol. The molecule has 34 heavy (non-hydrogen) atoms. The number of hydrogen-bond acceptors (Lipinski definition) is 5. The predicted molar refractivity (Wildman–Crippen MR) is 123 cm³/mol. The maximum Gasteiger partial charge on any atom is 0.272 e. The first-order valence-corrected chi connectivity index (χ1v) is 11.7. The van der Waals surface area contributed by atoms with Crippen LogP contribution >= 0.6 is 0 Å². The number of halogens is 2. The van der Waals surface area contributed by atoms with E-state index in [4.69, 9.17) is 0 Å². The van der Waals surface area contributed by atoms with Crippen molar-refractivity contribution in [2.24, 2.45) is 0 Å². The average molecular weight is 466 g/mol. The second-order valence-corrected chi connectivity index (χ2v) is 9.20. The minimum Gasteiger partial charge on any atom is -0.350 e. The molecule has 1 saturated heterocycles. The highest BCUT2D eigenvalue weighted by Gasteiger charge is 2.35. The molecule has 0 unspecified atom stereocenters. The highest BCUT2D eigenvalue weighted by molar-refractivity contribution is 5.93. The number of carbonyl (C=O) groups excluding carboxylic acids is 1. The lowest BCUT2D eigenvalue weighted by Gasteiger charge is -2.28. The highest BCUT2D eigenvalue weighted by Crippen LogP contribution is 2.34. The van der Waals surface area contributed by atoms with Crippen molar-refractivity contribution in [3.8, 4) is 11.1 Å². The van der Waals surface area contributed by atoms with Crippen LogP contribution in [0.3, 0.4) is 0 Å². The van der Waals surface area contributed by atoms with E-state index in [0.717, 1.165) is 48.2 Å². The molecule has 10 heteroatoms. The molecule has 0 radical (unpaired) electrons. The van der Waals surface area contributed by atoms with Crippen LogP contribution in [0.1, 0.15) is 49.0 Å². The van der Waals surface area contributed by atoms with Crippen LogP contribution in [0.2, 0.25) is 0 Å². The van der Waals surface area contributed by atoms with Gasteiger partial charge < -0.3 is 10.2 Å². The molecule has 1 amide bonds. The molecule has 5 heterocycles. The molecule has 4 aromatic rings. The zero-order valence-corrected chi connectivity index (χ0v) is 18.6. The standard InChI is InChI=1S/C24H25F2N7O/c25-24(26)8-5-17(6-9-24)29-23-28-13-19-18(7-12-33(19)30-23)16-3-4-21-27-14-20(32(21)15-16)22(34)31-10-1-2-11-31/h3-4,7,12-15,17H,1-2,5-6,8-11H2,(H,29,30). The number of fused-ring (bicyclic) bond motifs is 2. The lowest BCUT2D eigenvalue weighted by molar-refractivity contribution is -0.0361. The second kappa shape index (κ2) is 8.03. The van der Waals surface area contributed by atoms with Crippen molar-refractivity contribution in [2.75, 3.05) is 18.4 Å². The Kier molecular flexibility index (Phi) is 4.96. The van der Waals surface area contributed by atoms with Gasteiger partial charge in [0.15, 0.2) is 0 Å². The Morgan fingerprint density at radius 3 is 2.65 bits per heavy atom. The highest BCUT2D eigenvalue weighted by atomic mass is 19.3. The fourth-order valence-corrected chi connectivity index (χ4v) is 4.96. The lowest BCUT2D eigenvalue weighted by atomic mass is 9.92. The van der Waals surface area contributed by atoms with Gasteiger partial charge in [0, 0.05) is 55.5 Å². The van der Waals surface area contributed by atoms with Crippen LogP contribution in [0.4, 0.5) is 14.7 Å². The van der Waals surface area contributed by atoms with E-state index in [9.17, 15) is 13.6 Å². The van der Waals surface area contributed by atoms with E-state index in [1.807, 2.05) is 39.9 Å². The second-order valence-electron chi connectivity index (χ2n) is 9.20. The van der Waals surface area contributed by atoms with Crippen molar-refractivity contribution in [3.63, 3.8) is 0 Å². The van der Waals surface area contributed by atoms with E-state index in [2.05, 4.69) is 20.4 Å². The molecule has 0 spiro atoms. The van der Waals surface area contributed by atoms with Crippen molar-refractivity contribution in [3.05, 3.63) is 48.7 Å². The fourth-order valence-electron chi connectivity index (χ4n) is 4.96. The van der Waals surface area contributed by atoms with Gasteiger partial charge >= 0.3 is 0 Å². The molecule has 8 nitrogen and oxygen atoms in total. The van der Waals surface area contributed by atoms with Gasteiger partial charge in [-0.1, -0.05) is 0 Å². The Balaban J connectivity index is 1.27. The van der Waals surface area contributed by atoms with E-state index in [-0.39, 0.29) is 24.8 Å². The summed E-state index contributed by atoms with van der Waals surface area (Å²) in [4.78, 5) is 23.7. The zero-order valence-electron chi connectivity index (χ0n) is 18.6. The summed E-state index contributed by atoms with van der Waals surface area (Å²) in [6, 6.07) is 5.77. The van der Waals surface area contributed by atoms with Gasteiger partial charge in [0.1, 0.15) is 11.3 Å². The number of nitrogens with one attached hydrogen (secondary N) is 1. The number of imidazole rings is 1. The summed E-state index contributed by atoms with van der Waals surface area (Å²) in [6.07, 6.45) is 9.79. The number of nitrogens with zero attached hydrogens (tertiary/aromatic N) is 6. The van der Waals surface area contributed by atoms with Crippen LogP contribution in [0.5, 0.6) is 0 Å². The number of alkyl halides is 2. The van der Waals surface area contributed by atoms with E-state index >= 15 is 0 Å². The Hall–Kier alpha value is -3.56. The van der Waals surface area contributed by atoms with Crippen LogP contribution in [-0.4, -0.2) is 59.8 Å². The molecule has 1 aliphatic heterocycles. The normalized spacial score (nSPS) is 18.7. The van der Waals surface area contributed by atoms with Gasteiger partial charge in [-0.3, -0.25) is 9.20 Å². The van der Waals surface area contributed by atoms with Crippen LogP contribution in [0.15, 0.2) is 43.0 Å². The average Bonchev–Trinajstić information content (AvgIpc) is 3.59. The minimum absolute atomic E-state index is 0.00316. The molecule has 0 aromatic carbocycles. The Morgan fingerprint density at radius 1 is 1.06 bits per heavy atom. The summed E-state index contributed by atoms with van der Waals surface area (Å²) in [5.74, 6) is -2.13. The quantitative estimate of drug-likeness (QED) is 0.487. The topological polar surface area (TPSA) is 79.8 Å². The maximum absolute atomic E-state index is 13.4. The smallest absolute Gasteiger partial charge is 0.272 e. The molecule has 0 bridgehead atoms. The molecule has 2 fully saturated rings. The number of pyridine rings is 1. The number of likely N-dealkylation sites (tertiary alicyclic amines) is 1. The van der Waals surface area contributed by atoms with Gasteiger partial charge in [0.2, 0.25) is 11.9 Å². The van der Waals surface area contributed by atoms with Crippen molar-refractivity contribution in [1.29, 1.82) is 0 Å². The first-order valence-electron chi connectivity index (χ1n) is 11.7. The maximum atomic E-state index is 13.4. The molecule has 4 aromatic heterocycles. The number of amides is 1. The third-order valence-electron chi connectivity index (χ3n) is 6.90. The summed E-state index contributed by atoms with van der Waals surface area (Å²) in [5, 5.41) is 7.73. The summed E-state index contributed by atoms with van der Waals surface area (Å²) in [6.45, 7) is 1.57. The molecule has 1 N–H and O–H groups in total. The Bertz CT molecular complexity index is 1360. The van der Waals surface area contributed by atoms with E-state index in [1.54, 1.807) is 16.9 Å². The van der Waals surface area contributed by atoms with Gasteiger partial charge in [0.25, 0.3) is 5.91 Å². The molecular formula is C24H25F2N7O. The predicted octanol–water partition coefficient (Wildman–Crippen LogP) is 4.27. The van der Waals surface area contributed by atoms with Gasteiger partial charge in [0.05, 0.1) is 17.9 Å². The van der Waals surface area contributed by atoms with Crippen molar-refractivity contribution < 1.29 is 13.6 Å². The number of aromatic nitrogens is 5. The summed E-state index contributed by atoms with van der Waals surface area (Å²) < 4.78 is 30.4. The Labute approximate surface area is 194 Å². The van der Waals surface area contributed by atoms with E-state index in [0.29, 0.717) is 24.5 Å². The number of hydrogen-bond donors (Lipinski definition) is 1. The molecule has 176 valence electrons. The van der Waals surface area contributed by atoms with E-state index in [1.165, 1.54) is 0 Å². The van der Waals surface area contributed by atoms with Gasteiger partial charge in [-0.25, -0.2) is 23.3 Å². The van der Waals surface area contributed by atoms with Crippen LogP contribution in [-0.2, 0) is 0 Å². The van der Waals surface area contributed by atoms with Crippen LogP contribution in [0, 0.1) is 0 Å². The number of carbonyl (C=O) groups is 1. The molecule has 2 aliphatic rings. The van der Waals surface area contributed by atoms with Gasteiger partial charge in [-0.05, 0) is 43.9 Å². The summed E-state index contributed by atoms with van der Waals surface area (Å²) in [7, 11) is 0. The minimum atomic E-state index is -2.56. The summed E-state index contributed by atoms with van der Waals surface area (Å²) >= 11 is 0. The van der Waals surface area contributed by atoms with E-state index < -0.39 is 5.92 Å². The van der Waals surface area contributed by atoms with Crippen molar-refractivity contribution in [1.82, 2.24) is 28.9 Å². The lowest BCUT2D eigenvalue weighted by Crippen LogP contribution is -2.32. The molecule has 1 saturated carbocycles. The molecule has 0 atom stereocenters. The van der Waals surface area contributed by atoms with Crippen molar-refractivity contribution in [2.45, 2.75) is 50.5 Å². The number of anilines is 1.